The number of nitrogens with two attached hydrogens (primary N) is 1. The second kappa shape index (κ2) is 6.79. The third-order valence-corrected chi connectivity index (χ3v) is 2.66. The number of hydrogen-bond acceptors (Lipinski definition) is 5. The molecule has 1 aromatic heterocycles. The zero-order chi connectivity index (χ0) is 13.5. The van der Waals surface area contributed by atoms with Gasteiger partial charge in [-0.05, 0) is 19.1 Å². The Hall–Kier alpha value is -1.84. The fraction of sp³-hybridized carbons (Fsp3) is 0.364. The lowest BCUT2D eigenvalue weighted by molar-refractivity contribution is 0.0762. The molecule has 7 heteroatoms. The molecule has 0 aliphatic heterocycles. The van der Waals surface area contributed by atoms with Crippen molar-refractivity contribution in [2.45, 2.75) is 13.3 Å². The van der Waals surface area contributed by atoms with E-state index < -0.39 is 0 Å². The largest absolute Gasteiger partial charge is 0.337 e. The zero-order valence-electron chi connectivity index (χ0n) is 9.98. The van der Waals surface area contributed by atoms with E-state index in [2.05, 4.69) is 10.4 Å². The Balaban J connectivity index is 2.97. The second-order valence-electron chi connectivity index (χ2n) is 3.46. The Morgan fingerprint density at radius 2 is 2.39 bits per heavy atom. The van der Waals surface area contributed by atoms with Gasteiger partial charge >= 0.3 is 0 Å². The van der Waals surface area contributed by atoms with Gasteiger partial charge in [-0.15, -0.1) is 0 Å². The summed E-state index contributed by atoms with van der Waals surface area (Å²) < 4.78 is 0. The number of aromatic nitrogens is 1. The molecule has 1 heterocycles. The molecule has 0 fully saturated rings. The summed E-state index contributed by atoms with van der Waals surface area (Å²) in [5.41, 5.74) is 2.49. The maximum atomic E-state index is 12.2. The Bertz CT molecular complexity index is 471. The van der Waals surface area contributed by atoms with Gasteiger partial charge in [-0.1, -0.05) is 11.6 Å². The average molecular weight is 268 g/mol. The van der Waals surface area contributed by atoms with Gasteiger partial charge in [0, 0.05) is 13.1 Å². The minimum Gasteiger partial charge on any atom is -0.337 e. The minimum atomic E-state index is -0.310. The second-order valence-corrected chi connectivity index (χ2v) is 3.87. The van der Waals surface area contributed by atoms with Crippen molar-refractivity contribution in [2.75, 3.05) is 18.5 Å². The molecule has 0 atom stereocenters. The maximum absolute atomic E-state index is 12.2. The number of hydrazine groups is 1. The molecule has 0 aliphatic carbocycles. The van der Waals surface area contributed by atoms with E-state index in [1.165, 1.54) is 4.90 Å². The van der Waals surface area contributed by atoms with Gasteiger partial charge in [0.05, 0.1) is 17.5 Å². The summed E-state index contributed by atoms with van der Waals surface area (Å²) in [4.78, 5) is 17.7. The number of halogens is 1. The first-order valence-corrected chi connectivity index (χ1v) is 5.81. The van der Waals surface area contributed by atoms with E-state index in [0.717, 1.165) is 0 Å². The number of hydrogen-bond donors (Lipinski definition) is 2. The van der Waals surface area contributed by atoms with Gasteiger partial charge in [0.1, 0.15) is 11.5 Å². The third-order valence-electron chi connectivity index (χ3n) is 2.36. The van der Waals surface area contributed by atoms with Crippen molar-refractivity contribution in [1.29, 1.82) is 5.26 Å². The number of nitrogen functional groups attached to an aromatic ring is 1. The SMILES string of the molecule is CCN(CCC#N)C(=O)c1nc(NN)ccc1Cl. The number of carbonyl (C=O) groups excluding carboxylic acids is 1. The summed E-state index contributed by atoms with van der Waals surface area (Å²) in [7, 11) is 0. The predicted octanol–water partition coefficient (Wildman–Crippen LogP) is 1.40. The molecule has 0 unspecified atom stereocenters. The number of amides is 1. The summed E-state index contributed by atoms with van der Waals surface area (Å²) in [6, 6.07) is 5.12. The Kier molecular flexibility index (Phi) is 5.36. The Labute approximate surface area is 110 Å². The van der Waals surface area contributed by atoms with Gasteiger partial charge in [-0.25, -0.2) is 10.8 Å². The maximum Gasteiger partial charge on any atom is 0.274 e. The van der Waals surface area contributed by atoms with Crippen molar-refractivity contribution in [1.82, 2.24) is 9.88 Å². The van der Waals surface area contributed by atoms with Crippen molar-refractivity contribution in [3.05, 3.63) is 22.8 Å². The topological polar surface area (TPSA) is 95.0 Å². The standard InChI is InChI=1S/C11H14ClN5O/c1-2-17(7-3-6-13)11(18)10-8(12)4-5-9(15-10)16-14/h4-5H,2-3,7,14H2,1H3,(H,15,16). The minimum absolute atomic E-state index is 0.131. The van der Waals surface area contributed by atoms with E-state index in [1.807, 2.05) is 13.0 Å². The number of nitrogens with zero attached hydrogens (tertiary/aromatic N) is 3. The first kappa shape index (κ1) is 14.2. The van der Waals surface area contributed by atoms with Crippen LogP contribution in [-0.2, 0) is 0 Å². The normalized spacial score (nSPS) is 9.67. The molecule has 0 bridgehead atoms. The molecule has 18 heavy (non-hydrogen) atoms. The number of carbonyl (C=O) groups is 1. The molecule has 1 rings (SSSR count). The van der Waals surface area contributed by atoms with Crippen LogP contribution >= 0.6 is 11.6 Å². The first-order chi connectivity index (χ1) is 8.63. The molecular formula is C11H14ClN5O. The Morgan fingerprint density at radius 3 is 2.94 bits per heavy atom. The third kappa shape index (κ3) is 3.32. The van der Waals surface area contributed by atoms with Gasteiger partial charge in [-0.3, -0.25) is 4.79 Å². The number of anilines is 1. The van der Waals surface area contributed by atoms with Gasteiger partial charge in [-0.2, -0.15) is 5.26 Å². The lowest BCUT2D eigenvalue weighted by atomic mass is 10.3. The van der Waals surface area contributed by atoms with E-state index in [0.29, 0.717) is 18.9 Å². The van der Waals surface area contributed by atoms with Crippen LogP contribution < -0.4 is 11.3 Å². The van der Waals surface area contributed by atoms with Crippen molar-refractivity contribution in [3.8, 4) is 6.07 Å². The highest BCUT2D eigenvalue weighted by molar-refractivity contribution is 6.33. The molecule has 1 aromatic rings. The van der Waals surface area contributed by atoms with Crippen molar-refractivity contribution in [3.63, 3.8) is 0 Å². The quantitative estimate of drug-likeness (QED) is 0.621. The van der Waals surface area contributed by atoms with E-state index in [1.54, 1.807) is 12.1 Å². The Morgan fingerprint density at radius 1 is 1.67 bits per heavy atom. The van der Waals surface area contributed by atoms with Crippen molar-refractivity contribution >= 4 is 23.3 Å². The summed E-state index contributed by atoms with van der Waals surface area (Å²) in [5.74, 6) is 5.28. The van der Waals surface area contributed by atoms with Crippen LogP contribution in [0.5, 0.6) is 0 Å². The van der Waals surface area contributed by atoms with Crippen LogP contribution in [-0.4, -0.2) is 28.9 Å². The molecule has 0 aromatic carbocycles. The average Bonchev–Trinajstić information content (AvgIpc) is 2.40. The molecular weight excluding hydrogens is 254 g/mol. The number of nitrogens with one attached hydrogen (secondary N) is 1. The van der Waals surface area contributed by atoms with Crippen molar-refractivity contribution in [2.24, 2.45) is 5.84 Å². The number of nitriles is 1. The zero-order valence-corrected chi connectivity index (χ0v) is 10.7. The van der Waals surface area contributed by atoms with E-state index in [9.17, 15) is 4.79 Å². The van der Waals surface area contributed by atoms with Crippen LogP contribution in [0, 0.1) is 11.3 Å². The highest BCUT2D eigenvalue weighted by Gasteiger charge is 2.18. The molecule has 96 valence electrons. The van der Waals surface area contributed by atoms with Gasteiger partial charge < -0.3 is 10.3 Å². The lowest BCUT2D eigenvalue weighted by Crippen LogP contribution is -2.32. The predicted molar refractivity (Wildman–Crippen MR) is 68.9 cm³/mol. The van der Waals surface area contributed by atoms with Crippen LogP contribution in [0.15, 0.2) is 12.1 Å². The van der Waals surface area contributed by atoms with Crippen LogP contribution in [0.25, 0.3) is 0 Å². The van der Waals surface area contributed by atoms with Crippen LogP contribution in [0.3, 0.4) is 0 Å². The molecule has 6 nitrogen and oxygen atoms in total. The van der Waals surface area contributed by atoms with E-state index >= 15 is 0 Å². The molecule has 0 aliphatic rings. The van der Waals surface area contributed by atoms with Crippen LogP contribution in [0.4, 0.5) is 5.82 Å². The summed E-state index contributed by atoms with van der Waals surface area (Å²) in [6.45, 7) is 2.66. The fourth-order valence-electron chi connectivity index (χ4n) is 1.41. The monoisotopic (exact) mass is 267 g/mol. The number of pyridine rings is 1. The number of rotatable bonds is 5. The lowest BCUT2D eigenvalue weighted by Gasteiger charge is -2.19. The van der Waals surface area contributed by atoms with E-state index in [-0.39, 0.29) is 23.0 Å². The van der Waals surface area contributed by atoms with Crippen LogP contribution in [0.1, 0.15) is 23.8 Å². The van der Waals surface area contributed by atoms with Crippen molar-refractivity contribution < 1.29 is 4.79 Å². The highest BCUT2D eigenvalue weighted by atomic mass is 35.5. The highest BCUT2D eigenvalue weighted by Crippen LogP contribution is 2.18. The molecule has 1 amide bonds. The summed E-state index contributed by atoms with van der Waals surface area (Å²) in [5, 5.41) is 8.80. The van der Waals surface area contributed by atoms with Gasteiger partial charge in [0.15, 0.2) is 0 Å². The molecule has 0 saturated carbocycles. The summed E-state index contributed by atoms with van der Waals surface area (Å²) in [6.07, 6.45) is 0.270. The van der Waals surface area contributed by atoms with Crippen LogP contribution in [0.2, 0.25) is 5.02 Å². The first-order valence-electron chi connectivity index (χ1n) is 5.43. The van der Waals surface area contributed by atoms with Gasteiger partial charge in [0.2, 0.25) is 0 Å². The molecule has 3 N–H and O–H groups in total. The molecule has 0 saturated heterocycles. The summed E-state index contributed by atoms with van der Waals surface area (Å²) >= 11 is 5.94. The fourth-order valence-corrected chi connectivity index (χ4v) is 1.60. The molecule has 0 radical (unpaired) electrons. The van der Waals surface area contributed by atoms with Gasteiger partial charge in [0.25, 0.3) is 5.91 Å². The van der Waals surface area contributed by atoms with E-state index in [4.69, 9.17) is 22.7 Å². The smallest absolute Gasteiger partial charge is 0.274 e. The molecule has 0 spiro atoms.